The molecule has 1 aliphatic heterocycles. The summed E-state index contributed by atoms with van der Waals surface area (Å²) in [6.45, 7) is 0.553. The second-order valence-corrected chi connectivity index (χ2v) is 7.07. The minimum absolute atomic E-state index is 0.151. The van der Waals surface area contributed by atoms with Crippen LogP contribution >= 0.6 is 0 Å². The second-order valence-electron chi connectivity index (χ2n) is 4.94. The Balaban J connectivity index is 2.51. The van der Waals surface area contributed by atoms with Gasteiger partial charge < -0.3 is 10.0 Å². The highest BCUT2D eigenvalue weighted by Gasteiger charge is 2.34. The number of carboxylic acids is 1. The molecular weight excluding hydrogens is 280 g/mol. The lowest BCUT2D eigenvalue weighted by Gasteiger charge is -2.26. The van der Waals surface area contributed by atoms with E-state index in [1.54, 1.807) is 23.1 Å². The Labute approximate surface area is 118 Å². The van der Waals surface area contributed by atoms with Crippen molar-refractivity contribution in [2.24, 2.45) is 0 Å². The van der Waals surface area contributed by atoms with Gasteiger partial charge in [0.15, 0.2) is 0 Å². The fourth-order valence-electron chi connectivity index (χ4n) is 2.42. The van der Waals surface area contributed by atoms with Gasteiger partial charge in [-0.3, -0.25) is 0 Å². The Morgan fingerprint density at radius 1 is 1.35 bits per heavy atom. The Morgan fingerprint density at radius 2 is 2.00 bits per heavy atom. The highest BCUT2D eigenvalue weighted by atomic mass is 32.2. The fraction of sp³-hybridized carbons (Fsp3) is 0.462. The molecule has 0 aromatic heterocycles. The van der Waals surface area contributed by atoms with E-state index in [9.17, 15) is 18.3 Å². The van der Waals surface area contributed by atoms with Gasteiger partial charge in [0.1, 0.15) is 10.9 Å². The van der Waals surface area contributed by atoms with E-state index in [0.717, 1.165) is 10.7 Å². The summed E-state index contributed by atoms with van der Waals surface area (Å²) in [4.78, 5) is 13.1. The van der Waals surface area contributed by atoms with Gasteiger partial charge in [0, 0.05) is 20.6 Å². The maximum atomic E-state index is 12.3. The zero-order valence-electron chi connectivity index (χ0n) is 11.5. The van der Waals surface area contributed by atoms with Crippen LogP contribution in [0.1, 0.15) is 12.8 Å². The summed E-state index contributed by atoms with van der Waals surface area (Å²) in [7, 11) is -0.669. The zero-order chi connectivity index (χ0) is 14.9. The highest BCUT2D eigenvalue weighted by molar-refractivity contribution is 7.89. The van der Waals surface area contributed by atoms with Crippen molar-refractivity contribution in [2.75, 3.05) is 25.5 Å². The Morgan fingerprint density at radius 3 is 2.60 bits per heavy atom. The van der Waals surface area contributed by atoms with Crippen LogP contribution in [0.15, 0.2) is 29.2 Å². The second kappa shape index (κ2) is 5.41. The van der Waals surface area contributed by atoms with Crippen molar-refractivity contribution < 1.29 is 18.3 Å². The summed E-state index contributed by atoms with van der Waals surface area (Å²) in [5, 5.41) is 9.25. The van der Waals surface area contributed by atoms with Crippen LogP contribution in [0.2, 0.25) is 0 Å². The van der Waals surface area contributed by atoms with E-state index in [1.807, 2.05) is 0 Å². The number of benzene rings is 1. The molecule has 1 aromatic carbocycles. The molecule has 0 saturated carbocycles. The van der Waals surface area contributed by atoms with Crippen LogP contribution in [0.5, 0.6) is 0 Å². The van der Waals surface area contributed by atoms with Crippen LogP contribution in [0.25, 0.3) is 0 Å². The number of para-hydroxylation sites is 1. The average molecular weight is 298 g/mol. The summed E-state index contributed by atoms with van der Waals surface area (Å²) in [5.41, 5.74) is 0.464. The number of carbonyl (C=O) groups is 1. The molecule has 2 rings (SSSR count). The van der Waals surface area contributed by atoms with Crippen molar-refractivity contribution in [1.82, 2.24) is 4.31 Å². The Kier molecular flexibility index (Phi) is 4.01. The first-order valence-electron chi connectivity index (χ1n) is 6.36. The van der Waals surface area contributed by atoms with Gasteiger partial charge in [0.25, 0.3) is 0 Å². The van der Waals surface area contributed by atoms with E-state index < -0.39 is 22.0 Å². The monoisotopic (exact) mass is 298 g/mol. The number of sulfonamides is 1. The molecular formula is C13H18N2O4S. The Bertz CT molecular complexity index is 613. The molecule has 0 amide bonds. The highest BCUT2D eigenvalue weighted by Crippen LogP contribution is 2.32. The summed E-state index contributed by atoms with van der Waals surface area (Å²) in [6.07, 6.45) is 1.28. The fourth-order valence-corrected chi connectivity index (χ4v) is 3.51. The molecule has 1 saturated heterocycles. The summed E-state index contributed by atoms with van der Waals surface area (Å²) in [6, 6.07) is 5.89. The maximum absolute atomic E-state index is 12.3. The molecule has 6 nitrogen and oxygen atoms in total. The SMILES string of the molecule is CN(C)S(=O)(=O)c1ccccc1N1CCCC1C(=O)O. The first-order chi connectivity index (χ1) is 9.35. The van der Waals surface area contributed by atoms with E-state index in [0.29, 0.717) is 18.7 Å². The molecule has 1 heterocycles. The number of nitrogens with zero attached hydrogens (tertiary/aromatic N) is 2. The molecule has 0 spiro atoms. The summed E-state index contributed by atoms with van der Waals surface area (Å²) in [5.74, 6) is -0.917. The van der Waals surface area contributed by atoms with Gasteiger partial charge in [-0.2, -0.15) is 0 Å². The minimum atomic E-state index is -3.60. The molecule has 0 aliphatic carbocycles. The van der Waals surface area contributed by atoms with Crippen molar-refractivity contribution in [1.29, 1.82) is 0 Å². The lowest BCUT2D eigenvalue weighted by Crippen LogP contribution is -2.37. The zero-order valence-corrected chi connectivity index (χ0v) is 12.3. The van der Waals surface area contributed by atoms with E-state index in [-0.39, 0.29) is 4.90 Å². The van der Waals surface area contributed by atoms with Crippen molar-refractivity contribution in [3.63, 3.8) is 0 Å². The lowest BCUT2D eigenvalue weighted by atomic mass is 10.2. The van der Waals surface area contributed by atoms with Crippen LogP contribution in [0, 0.1) is 0 Å². The van der Waals surface area contributed by atoms with Gasteiger partial charge in [-0.25, -0.2) is 17.5 Å². The molecule has 1 atom stereocenters. The van der Waals surface area contributed by atoms with Gasteiger partial charge in [-0.1, -0.05) is 12.1 Å². The summed E-state index contributed by atoms with van der Waals surface area (Å²) >= 11 is 0. The number of hydrogen-bond donors (Lipinski definition) is 1. The number of carboxylic acid groups (broad SMARTS) is 1. The third-order valence-corrected chi connectivity index (χ3v) is 5.33. The molecule has 7 heteroatoms. The van der Waals surface area contributed by atoms with Crippen molar-refractivity contribution >= 4 is 21.7 Å². The van der Waals surface area contributed by atoms with E-state index >= 15 is 0 Å². The van der Waals surface area contributed by atoms with Crippen LogP contribution in [-0.2, 0) is 14.8 Å². The number of anilines is 1. The van der Waals surface area contributed by atoms with Crippen LogP contribution in [-0.4, -0.2) is 50.5 Å². The average Bonchev–Trinajstić information content (AvgIpc) is 2.87. The normalized spacial score (nSPS) is 19.6. The molecule has 1 fully saturated rings. The summed E-state index contributed by atoms with van der Waals surface area (Å²) < 4.78 is 25.8. The standard InChI is InChI=1S/C13H18N2O4S/c1-14(2)20(18,19)12-8-4-3-6-10(12)15-9-5-7-11(15)13(16)17/h3-4,6,8,11H,5,7,9H2,1-2H3,(H,16,17). The van der Waals surface area contributed by atoms with Gasteiger partial charge in [0.05, 0.1) is 5.69 Å². The molecule has 1 N–H and O–H groups in total. The Hall–Kier alpha value is -1.60. The van der Waals surface area contributed by atoms with Crippen molar-refractivity contribution in [3.05, 3.63) is 24.3 Å². The smallest absolute Gasteiger partial charge is 0.326 e. The van der Waals surface area contributed by atoms with Crippen LogP contribution in [0.4, 0.5) is 5.69 Å². The van der Waals surface area contributed by atoms with Crippen molar-refractivity contribution in [3.8, 4) is 0 Å². The molecule has 110 valence electrons. The predicted molar refractivity (Wildman–Crippen MR) is 75.3 cm³/mol. The molecule has 0 bridgehead atoms. The van der Waals surface area contributed by atoms with Gasteiger partial charge in [-0.05, 0) is 25.0 Å². The molecule has 0 radical (unpaired) electrons. The third-order valence-electron chi connectivity index (χ3n) is 3.47. The lowest BCUT2D eigenvalue weighted by molar-refractivity contribution is -0.138. The quantitative estimate of drug-likeness (QED) is 0.897. The first kappa shape index (κ1) is 14.8. The first-order valence-corrected chi connectivity index (χ1v) is 7.80. The topological polar surface area (TPSA) is 77.9 Å². The molecule has 1 unspecified atom stereocenters. The predicted octanol–water partition coefficient (Wildman–Crippen LogP) is 0.990. The van der Waals surface area contributed by atoms with Crippen molar-refractivity contribution in [2.45, 2.75) is 23.8 Å². The van der Waals surface area contributed by atoms with Gasteiger partial charge in [0.2, 0.25) is 10.0 Å². The van der Waals surface area contributed by atoms with Gasteiger partial charge in [-0.15, -0.1) is 0 Å². The number of hydrogen-bond acceptors (Lipinski definition) is 4. The molecule has 1 aliphatic rings. The minimum Gasteiger partial charge on any atom is -0.480 e. The van der Waals surface area contributed by atoms with E-state index in [4.69, 9.17) is 0 Å². The van der Waals surface area contributed by atoms with E-state index in [1.165, 1.54) is 20.2 Å². The number of aliphatic carboxylic acids is 1. The number of rotatable bonds is 4. The largest absolute Gasteiger partial charge is 0.480 e. The maximum Gasteiger partial charge on any atom is 0.326 e. The molecule has 1 aromatic rings. The van der Waals surface area contributed by atoms with Gasteiger partial charge >= 0.3 is 5.97 Å². The van der Waals surface area contributed by atoms with Crippen LogP contribution < -0.4 is 4.90 Å². The van der Waals surface area contributed by atoms with E-state index in [2.05, 4.69) is 0 Å². The molecule has 20 heavy (non-hydrogen) atoms. The third kappa shape index (κ3) is 2.51. The van der Waals surface area contributed by atoms with Crippen LogP contribution in [0.3, 0.4) is 0 Å².